The minimum Gasteiger partial charge on any atom is -0.493 e. The maximum absolute atomic E-state index is 6.20. The van der Waals surface area contributed by atoms with Gasteiger partial charge in [-0.3, -0.25) is 9.97 Å². The van der Waals surface area contributed by atoms with Crippen molar-refractivity contribution in [2.24, 2.45) is 0 Å². The highest BCUT2D eigenvalue weighted by molar-refractivity contribution is 5.97. The Morgan fingerprint density at radius 2 is 0.900 bits per heavy atom. The Morgan fingerprint density at radius 1 is 0.460 bits per heavy atom. The van der Waals surface area contributed by atoms with Gasteiger partial charge in [0, 0.05) is 23.2 Å². The second-order valence-electron chi connectivity index (χ2n) is 12.8. The van der Waals surface area contributed by atoms with Crippen LogP contribution in [0.25, 0.3) is 57.2 Å². The molecule has 0 spiro atoms. The average molecular weight is 661 g/mol. The van der Waals surface area contributed by atoms with Gasteiger partial charge >= 0.3 is 0 Å². The molecule has 0 aliphatic heterocycles. The lowest BCUT2D eigenvalue weighted by atomic mass is 10.0. The molecule has 0 fully saturated rings. The van der Waals surface area contributed by atoms with Crippen molar-refractivity contribution < 1.29 is 9.47 Å². The summed E-state index contributed by atoms with van der Waals surface area (Å²) in [5.41, 5.74) is 6.12. The van der Waals surface area contributed by atoms with Crippen molar-refractivity contribution in [1.29, 1.82) is 0 Å². The van der Waals surface area contributed by atoms with Crippen LogP contribution in [0.5, 0.6) is 11.5 Å². The molecule has 0 aliphatic carbocycles. The normalized spacial score (nSPS) is 11.6. The van der Waals surface area contributed by atoms with E-state index in [2.05, 4.69) is 133 Å². The van der Waals surface area contributed by atoms with Gasteiger partial charge in [0.05, 0.1) is 24.6 Å². The predicted octanol–water partition coefficient (Wildman–Crippen LogP) is 12.7. The lowest BCUT2D eigenvalue weighted by Gasteiger charge is -2.11. The Labute approximate surface area is 297 Å². The number of benzene rings is 4. The standard InChI is InChI=1S/C46H48N2O2/c1-3-5-7-13-31-49-45-25-23-37(39-15-9-11-17-41(39)45)21-19-35-27-29-47-43(33-35)44-34-36(28-30-48-44)20-22-38-24-26-46(50-32-14-8-6-4-2)42-18-12-10-16-40(38)42/h9-12,15-30,33-34H,3-8,13-14,31-32H2,1-2H3/b21-19+,22-20+. The molecule has 0 unspecified atom stereocenters. The minimum absolute atomic E-state index is 0.753. The Kier molecular flexibility index (Phi) is 12.4. The number of aromatic nitrogens is 2. The number of hydrogen-bond donors (Lipinski definition) is 0. The van der Waals surface area contributed by atoms with Gasteiger partial charge in [0.1, 0.15) is 11.5 Å². The van der Waals surface area contributed by atoms with Crippen molar-refractivity contribution in [2.45, 2.75) is 65.2 Å². The van der Waals surface area contributed by atoms with E-state index in [4.69, 9.17) is 9.47 Å². The molecule has 0 atom stereocenters. The molecule has 4 heteroatoms. The molecule has 2 aromatic heterocycles. The molecule has 6 rings (SSSR count). The molecule has 0 bridgehead atoms. The Bertz CT molecular complexity index is 1910. The van der Waals surface area contributed by atoms with E-state index >= 15 is 0 Å². The molecule has 0 radical (unpaired) electrons. The van der Waals surface area contributed by atoms with Crippen LogP contribution >= 0.6 is 0 Å². The van der Waals surface area contributed by atoms with E-state index in [1.54, 1.807) is 0 Å². The summed E-state index contributed by atoms with van der Waals surface area (Å²) in [5.74, 6) is 1.90. The van der Waals surface area contributed by atoms with Crippen LogP contribution in [0.2, 0.25) is 0 Å². The van der Waals surface area contributed by atoms with Crippen LogP contribution in [0.1, 0.15) is 87.5 Å². The molecule has 0 N–H and O–H groups in total. The van der Waals surface area contributed by atoms with E-state index in [0.29, 0.717) is 0 Å². The molecule has 0 saturated carbocycles. The maximum Gasteiger partial charge on any atom is 0.127 e. The van der Waals surface area contributed by atoms with Crippen LogP contribution < -0.4 is 9.47 Å². The van der Waals surface area contributed by atoms with Gasteiger partial charge in [-0.05, 0) is 82.3 Å². The number of rotatable bonds is 17. The first kappa shape index (κ1) is 34.6. The van der Waals surface area contributed by atoms with Crippen LogP contribution in [0.15, 0.2) is 109 Å². The van der Waals surface area contributed by atoms with Gasteiger partial charge in [0.15, 0.2) is 0 Å². The molecule has 0 saturated heterocycles. The molecule has 4 nitrogen and oxygen atoms in total. The molecule has 50 heavy (non-hydrogen) atoms. The van der Waals surface area contributed by atoms with E-state index < -0.39 is 0 Å². The number of pyridine rings is 2. The van der Waals surface area contributed by atoms with Crippen molar-refractivity contribution in [1.82, 2.24) is 9.97 Å². The third-order valence-corrected chi connectivity index (χ3v) is 9.09. The number of unbranched alkanes of at least 4 members (excludes halogenated alkanes) is 6. The number of ether oxygens (including phenoxy) is 2. The van der Waals surface area contributed by atoms with E-state index in [1.807, 2.05) is 24.5 Å². The summed E-state index contributed by atoms with van der Waals surface area (Å²) in [4.78, 5) is 9.35. The first-order chi connectivity index (χ1) is 24.7. The summed E-state index contributed by atoms with van der Waals surface area (Å²) < 4.78 is 12.4. The smallest absolute Gasteiger partial charge is 0.127 e. The van der Waals surface area contributed by atoms with E-state index in [9.17, 15) is 0 Å². The van der Waals surface area contributed by atoms with E-state index in [0.717, 1.165) is 82.0 Å². The summed E-state index contributed by atoms with van der Waals surface area (Å²) in [5, 5.41) is 4.65. The monoisotopic (exact) mass is 660 g/mol. The highest BCUT2D eigenvalue weighted by Crippen LogP contribution is 2.32. The summed E-state index contributed by atoms with van der Waals surface area (Å²) in [6.45, 7) is 5.97. The molecule has 4 aromatic carbocycles. The van der Waals surface area contributed by atoms with Crippen LogP contribution in [0.4, 0.5) is 0 Å². The number of hydrogen-bond acceptors (Lipinski definition) is 4. The number of nitrogens with zero attached hydrogens (tertiary/aromatic N) is 2. The Hall–Kier alpha value is -5.22. The van der Waals surface area contributed by atoms with E-state index in [1.165, 1.54) is 49.3 Å². The average Bonchev–Trinajstić information content (AvgIpc) is 3.17. The zero-order chi connectivity index (χ0) is 34.4. The molecule has 0 aliphatic rings. The van der Waals surface area contributed by atoms with E-state index in [-0.39, 0.29) is 0 Å². The zero-order valence-corrected chi connectivity index (χ0v) is 29.5. The second-order valence-corrected chi connectivity index (χ2v) is 12.8. The van der Waals surface area contributed by atoms with Gasteiger partial charge in [0.25, 0.3) is 0 Å². The molecule has 6 aromatic rings. The lowest BCUT2D eigenvalue weighted by Crippen LogP contribution is -1.98. The SMILES string of the molecule is CCCCCCOc1ccc(/C=C/c2ccnc(-c3cc(/C=C/c4ccc(OCCCCCC)c5ccccc45)ccn3)c2)c2ccccc12. The highest BCUT2D eigenvalue weighted by atomic mass is 16.5. The minimum atomic E-state index is 0.753. The molecular formula is C46H48N2O2. The van der Waals surface area contributed by atoms with Gasteiger partial charge in [-0.2, -0.15) is 0 Å². The van der Waals surface area contributed by atoms with Gasteiger partial charge in [-0.15, -0.1) is 0 Å². The summed E-state index contributed by atoms with van der Waals surface area (Å²) >= 11 is 0. The first-order valence-electron chi connectivity index (χ1n) is 18.3. The van der Waals surface area contributed by atoms with Gasteiger partial charge in [-0.25, -0.2) is 0 Å². The zero-order valence-electron chi connectivity index (χ0n) is 29.5. The van der Waals surface area contributed by atoms with Gasteiger partial charge < -0.3 is 9.47 Å². The summed E-state index contributed by atoms with van der Waals surface area (Å²) in [6.07, 6.45) is 21.9. The van der Waals surface area contributed by atoms with Crippen LogP contribution in [-0.2, 0) is 0 Å². The molecular weight excluding hydrogens is 613 g/mol. The quantitative estimate of drug-likeness (QED) is 0.0913. The summed E-state index contributed by atoms with van der Waals surface area (Å²) in [6, 6.07) is 33.7. The van der Waals surface area contributed by atoms with Crippen LogP contribution in [0, 0.1) is 0 Å². The fraction of sp³-hybridized carbons (Fsp3) is 0.261. The van der Waals surface area contributed by atoms with Gasteiger partial charge in [-0.1, -0.05) is 137 Å². The Morgan fingerprint density at radius 3 is 1.34 bits per heavy atom. The molecule has 0 amide bonds. The van der Waals surface area contributed by atoms with Gasteiger partial charge in [0.2, 0.25) is 0 Å². The van der Waals surface area contributed by atoms with Crippen molar-refractivity contribution in [3.63, 3.8) is 0 Å². The lowest BCUT2D eigenvalue weighted by molar-refractivity contribution is 0.308. The first-order valence-corrected chi connectivity index (χ1v) is 18.3. The fourth-order valence-corrected chi connectivity index (χ4v) is 6.31. The van der Waals surface area contributed by atoms with Crippen molar-refractivity contribution in [3.8, 4) is 22.9 Å². The third kappa shape index (κ3) is 9.06. The predicted molar refractivity (Wildman–Crippen MR) is 212 cm³/mol. The van der Waals surface area contributed by atoms with Crippen LogP contribution in [0.3, 0.4) is 0 Å². The fourth-order valence-electron chi connectivity index (χ4n) is 6.31. The summed E-state index contributed by atoms with van der Waals surface area (Å²) in [7, 11) is 0. The number of fused-ring (bicyclic) bond motifs is 2. The Balaban J connectivity index is 1.16. The largest absolute Gasteiger partial charge is 0.493 e. The second kappa shape index (κ2) is 18.0. The topological polar surface area (TPSA) is 44.2 Å². The van der Waals surface area contributed by atoms with Crippen molar-refractivity contribution in [2.75, 3.05) is 13.2 Å². The molecule has 254 valence electrons. The van der Waals surface area contributed by atoms with Crippen molar-refractivity contribution in [3.05, 3.63) is 132 Å². The highest BCUT2D eigenvalue weighted by Gasteiger charge is 2.08. The maximum atomic E-state index is 6.20. The van der Waals surface area contributed by atoms with Crippen molar-refractivity contribution >= 4 is 45.8 Å². The molecule has 2 heterocycles. The third-order valence-electron chi connectivity index (χ3n) is 9.09. The van der Waals surface area contributed by atoms with Crippen LogP contribution in [-0.4, -0.2) is 23.2 Å².